The minimum Gasteiger partial charge on any atom is -0.504 e. The lowest BCUT2D eigenvalue weighted by molar-refractivity contribution is 0.104. The molecule has 0 aliphatic rings. The summed E-state index contributed by atoms with van der Waals surface area (Å²) in [5, 5.41) is 11.8. The summed E-state index contributed by atoms with van der Waals surface area (Å²) in [6.07, 6.45) is 3.18. The van der Waals surface area contributed by atoms with Crippen molar-refractivity contribution in [2.24, 2.45) is 0 Å². The molecule has 0 radical (unpaired) electrons. The molecule has 0 atom stereocenters. The summed E-state index contributed by atoms with van der Waals surface area (Å²) in [6.45, 7) is 0. The molecule has 4 heteroatoms. The first-order valence-electron chi connectivity index (χ1n) is 7.41. The highest BCUT2D eigenvalue weighted by molar-refractivity contribution is 7.13. The Bertz CT molecular complexity index is 862. The van der Waals surface area contributed by atoms with E-state index in [0.717, 1.165) is 11.1 Å². The molecule has 0 unspecified atom stereocenters. The van der Waals surface area contributed by atoms with Gasteiger partial charge >= 0.3 is 0 Å². The van der Waals surface area contributed by atoms with E-state index < -0.39 is 0 Å². The molecule has 0 aliphatic carbocycles. The molecule has 1 aromatic heterocycles. The Morgan fingerprint density at radius 1 is 1.12 bits per heavy atom. The number of aromatic hydroxyl groups is 1. The van der Waals surface area contributed by atoms with Crippen LogP contribution >= 0.6 is 11.3 Å². The number of ether oxygens (including phenoxy) is 1. The van der Waals surface area contributed by atoms with Crippen LogP contribution in [0.3, 0.4) is 0 Å². The van der Waals surface area contributed by atoms with Gasteiger partial charge in [0.25, 0.3) is 0 Å². The van der Waals surface area contributed by atoms with E-state index in [1.54, 1.807) is 35.6 Å². The first kappa shape index (κ1) is 16.0. The van der Waals surface area contributed by atoms with Crippen molar-refractivity contribution in [2.45, 2.75) is 0 Å². The van der Waals surface area contributed by atoms with E-state index in [0.29, 0.717) is 11.3 Å². The lowest BCUT2D eigenvalue weighted by Gasteiger charge is -2.03. The number of thiophene rings is 1. The zero-order valence-electron chi connectivity index (χ0n) is 13.1. The molecule has 1 heterocycles. The molecule has 120 valence electrons. The number of hydrogen-bond donors (Lipinski definition) is 1. The molecular weight excluding hydrogens is 320 g/mol. The Morgan fingerprint density at radius 3 is 2.54 bits per heavy atom. The van der Waals surface area contributed by atoms with Crippen molar-refractivity contribution < 1.29 is 14.6 Å². The van der Waals surface area contributed by atoms with Gasteiger partial charge in [-0.3, -0.25) is 4.79 Å². The normalized spacial score (nSPS) is 10.9. The van der Waals surface area contributed by atoms with Gasteiger partial charge in [0.1, 0.15) is 0 Å². The summed E-state index contributed by atoms with van der Waals surface area (Å²) < 4.78 is 5.00. The second-order valence-electron chi connectivity index (χ2n) is 5.18. The van der Waals surface area contributed by atoms with Crippen molar-refractivity contribution in [1.29, 1.82) is 0 Å². The molecular formula is C20H16O3S. The number of carbonyl (C=O) groups is 1. The number of allylic oxidation sites excluding steroid dienone is 1. The van der Waals surface area contributed by atoms with Gasteiger partial charge in [0.2, 0.25) is 0 Å². The number of phenols is 1. The van der Waals surface area contributed by atoms with Crippen LogP contribution in [0.1, 0.15) is 15.9 Å². The fourth-order valence-electron chi connectivity index (χ4n) is 2.32. The topological polar surface area (TPSA) is 46.5 Å². The predicted molar refractivity (Wildman–Crippen MR) is 97.8 cm³/mol. The van der Waals surface area contributed by atoms with E-state index >= 15 is 0 Å². The highest BCUT2D eigenvalue weighted by Crippen LogP contribution is 2.27. The molecule has 1 N–H and O–H groups in total. The second-order valence-corrected chi connectivity index (χ2v) is 6.13. The van der Waals surface area contributed by atoms with Gasteiger partial charge in [0, 0.05) is 10.4 Å². The van der Waals surface area contributed by atoms with Gasteiger partial charge in [0.05, 0.1) is 7.11 Å². The molecule has 0 saturated carbocycles. The molecule has 0 fully saturated rings. The minimum absolute atomic E-state index is 0.0485. The highest BCUT2D eigenvalue weighted by Gasteiger charge is 2.05. The average molecular weight is 336 g/mol. The van der Waals surface area contributed by atoms with Crippen LogP contribution in [-0.4, -0.2) is 18.0 Å². The minimum atomic E-state index is -0.0805. The number of hydrogen-bond acceptors (Lipinski definition) is 4. The van der Waals surface area contributed by atoms with Gasteiger partial charge < -0.3 is 9.84 Å². The molecule has 0 spiro atoms. The van der Waals surface area contributed by atoms with Crippen LogP contribution in [0.25, 0.3) is 16.5 Å². The van der Waals surface area contributed by atoms with Gasteiger partial charge in [-0.15, -0.1) is 11.3 Å². The molecule has 0 bridgehead atoms. The van der Waals surface area contributed by atoms with Crippen molar-refractivity contribution in [1.82, 2.24) is 0 Å². The maximum absolute atomic E-state index is 12.3. The van der Waals surface area contributed by atoms with Crippen LogP contribution in [-0.2, 0) is 0 Å². The first-order valence-corrected chi connectivity index (χ1v) is 8.29. The van der Waals surface area contributed by atoms with Crippen LogP contribution in [0.4, 0.5) is 0 Å². The lowest BCUT2D eigenvalue weighted by Crippen LogP contribution is -1.93. The van der Waals surface area contributed by atoms with E-state index in [1.807, 2.05) is 35.7 Å². The summed E-state index contributed by atoms with van der Waals surface area (Å²) in [7, 11) is 1.49. The van der Waals surface area contributed by atoms with Gasteiger partial charge in [-0.2, -0.15) is 0 Å². The van der Waals surface area contributed by atoms with Crippen LogP contribution in [0.5, 0.6) is 11.5 Å². The van der Waals surface area contributed by atoms with Gasteiger partial charge in [-0.1, -0.05) is 42.5 Å². The summed E-state index contributed by atoms with van der Waals surface area (Å²) in [4.78, 5) is 13.4. The Hall–Kier alpha value is -2.85. The van der Waals surface area contributed by atoms with Crippen molar-refractivity contribution >= 4 is 23.2 Å². The molecule has 0 saturated heterocycles. The van der Waals surface area contributed by atoms with Gasteiger partial charge in [0.15, 0.2) is 17.3 Å². The number of rotatable bonds is 5. The van der Waals surface area contributed by atoms with Crippen molar-refractivity contribution in [2.75, 3.05) is 7.11 Å². The Balaban J connectivity index is 1.73. The molecule has 2 aromatic carbocycles. The molecule has 0 amide bonds. The third-order valence-electron chi connectivity index (χ3n) is 3.61. The predicted octanol–water partition coefficient (Wildman–Crippen LogP) is 5.03. The van der Waals surface area contributed by atoms with Crippen molar-refractivity contribution in [3.63, 3.8) is 0 Å². The third kappa shape index (κ3) is 3.55. The number of methoxy groups -OCH3 is 1. The van der Waals surface area contributed by atoms with Crippen LogP contribution in [0.15, 0.2) is 66.1 Å². The third-order valence-corrected chi connectivity index (χ3v) is 4.52. The summed E-state index contributed by atoms with van der Waals surface area (Å²) >= 11 is 1.67. The number of carbonyl (C=O) groups excluding carboxylic acids is 1. The Labute approximate surface area is 144 Å². The Kier molecular flexibility index (Phi) is 4.77. The molecule has 3 nitrogen and oxygen atoms in total. The van der Waals surface area contributed by atoms with E-state index in [2.05, 4.69) is 6.07 Å². The van der Waals surface area contributed by atoms with Crippen LogP contribution in [0, 0.1) is 0 Å². The largest absolute Gasteiger partial charge is 0.504 e. The van der Waals surface area contributed by atoms with Crippen LogP contribution < -0.4 is 4.74 Å². The fraction of sp³-hybridized carbons (Fsp3) is 0.0500. The van der Waals surface area contributed by atoms with Gasteiger partial charge in [-0.05, 0) is 40.8 Å². The summed E-state index contributed by atoms with van der Waals surface area (Å²) in [5.74, 6) is 0.373. The zero-order valence-corrected chi connectivity index (χ0v) is 13.9. The number of benzene rings is 2. The molecule has 24 heavy (non-hydrogen) atoms. The first-order chi connectivity index (χ1) is 11.7. The zero-order chi connectivity index (χ0) is 16.9. The highest BCUT2D eigenvalue weighted by atomic mass is 32.1. The maximum Gasteiger partial charge on any atom is 0.185 e. The summed E-state index contributed by atoms with van der Waals surface area (Å²) in [6, 6.07) is 16.6. The lowest BCUT2D eigenvalue weighted by atomic mass is 10.1. The SMILES string of the molecule is COc1ccc(/C=C/C(=O)c2ccc(-c3cccs3)cc2)cc1O. The quantitative estimate of drug-likeness (QED) is 0.525. The van der Waals surface area contributed by atoms with E-state index in [-0.39, 0.29) is 11.5 Å². The average Bonchev–Trinajstić information content (AvgIpc) is 3.14. The van der Waals surface area contributed by atoms with Gasteiger partial charge in [-0.25, -0.2) is 0 Å². The fourth-order valence-corrected chi connectivity index (χ4v) is 3.05. The van der Waals surface area contributed by atoms with Crippen molar-refractivity contribution in [3.05, 3.63) is 77.2 Å². The van der Waals surface area contributed by atoms with E-state index in [1.165, 1.54) is 18.1 Å². The Morgan fingerprint density at radius 2 is 1.92 bits per heavy atom. The standard InChI is InChI=1S/C20H16O3S/c1-23-19-11-5-14(13-18(19)22)4-10-17(21)15-6-8-16(9-7-15)20-3-2-12-24-20/h2-13,22H,1H3/b10-4+. The van der Waals surface area contributed by atoms with E-state index in [4.69, 9.17) is 4.74 Å². The van der Waals surface area contributed by atoms with Crippen LogP contribution in [0.2, 0.25) is 0 Å². The molecule has 3 rings (SSSR count). The second kappa shape index (κ2) is 7.15. The number of ketones is 1. The monoisotopic (exact) mass is 336 g/mol. The van der Waals surface area contributed by atoms with Crippen molar-refractivity contribution in [3.8, 4) is 21.9 Å². The summed E-state index contributed by atoms with van der Waals surface area (Å²) in [5.41, 5.74) is 2.46. The van der Waals surface area contributed by atoms with E-state index in [9.17, 15) is 9.90 Å². The smallest absolute Gasteiger partial charge is 0.185 e. The number of phenolic OH excluding ortho intramolecular Hbond substituents is 1. The molecule has 3 aromatic rings. The maximum atomic E-state index is 12.3. The molecule has 0 aliphatic heterocycles.